The molecule has 1 rings (SSSR count). The first-order valence-corrected chi connectivity index (χ1v) is 5.57. The van der Waals surface area contributed by atoms with E-state index in [1.165, 1.54) is 16.9 Å². The van der Waals surface area contributed by atoms with Gasteiger partial charge in [0.25, 0.3) is 5.91 Å². The molecular formula is C11H17N3O4. The predicted octanol–water partition coefficient (Wildman–Crippen LogP) is 0.0297. The summed E-state index contributed by atoms with van der Waals surface area (Å²) in [4.78, 5) is 22.8. The zero-order valence-electron chi connectivity index (χ0n) is 10.4. The topological polar surface area (TPSA) is 93.5 Å². The van der Waals surface area contributed by atoms with Crippen LogP contribution in [0.4, 0.5) is 0 Å². The molecule has 0 bridgehead atoms. The van der Waals surface area contributed by atoms with Gasteiger partial charge < -0.3 is 15.2 Å². The van der Waals surface area contributed by atoms with Gasteiger partial charge in [-0.2, -0.15) is 5.10 Å². The van der Waals surface area contributed by atoms with Crippen LogP contribution in [0.1, 0.15) is 23.3 Å². The van der Waals surface area contributed by atoms with Gasteiger partial charge in [-0.3, -0.25) is 9.48 Å². The SMILES string of the molecule is COCCCC(NC(=O)c1ccnn1C)C(=O)O. The van der Waals surface area contributed by atoms with Crippen LogP contribution in [0.2, 0.25) is 0 Å². The smallest absolute Gasteiger partial charge is 0.326 e. The van der Waals surface area contributed by atoms with E-state index in [2.05, 4.69) is 10.4 Å². The maximum atomic E-state index is 11.8. The molecule has 1 aromatic heterocycles. The van der Waals surface area contributed by atoms with Crippen molar-refractivity contribution in [3.05, 3.63) is 18.0 Å². The van der Waals surface area contributed by atoms with E-state index in [0.29, 0.717) is 25.1 Å². The molecule has 0 aromatic carbocycles. The molecule has 1 amide bonds. The van der Waals surface area contributed by atoms with Crippen LogP contribution in [-0.4, -0.2) is 46.5 Å². The molecule has 7 nitrogen and oxygen atoms in total. The maximum Gasteiger partial charge on any atom is 0.326 e. The van der Waals surface area contributed by atoms with Crippen LogP contribution in [0.15, 0.2) is 12.3 Å². The fourth-order valence-corrected chi connectivity index (χ4v) is 1.52. The molecule has 0 saturated carbocycles. The lowest BCUT2D eigenvalue weighted by atomic mass is 10.1. The van der Waals surface area contributed by atoms with Crippen LogP contribution >= 0.6 is 0 Å². The van der Waals surface area contributed by atoms with Crippen LogP contribution in [0.25, 0.3) is 0 Å². The maximum absolute atomic E-state index is 11.8. The van der Waals surface area contributed by atoms with Gasteiger partial charge in [0, 0.05) is 27.0 Å². The average molecular weight is 255 g/mol. The minimum atomic E-state index is -1.05. The van der Waals surface area contributed by atoms with Crippen LogP contribution in [-0.2, 0) is 16.6 Å². The second-order valence-corrected chi connectivity index (χ2v) is 3.84. The number of carboxylic acids is 1. The first kappa shape index (κ1) is 14.2. The number of nitrogens with one attached hydrogen (secondary N) is 1. The number of amides is 1. The highest BCUT2D eigenvalue weighted by molar-refractivity contribution is 5.95. The number of carbonyl (C=O) groups is 2. The van der Waals surface area contributed by atoms with E-state index in [1.807, 2.05) is 0 Å². The van der Waals surface area contributed by atoms with Crippen molar-refractivity contribution in [1.82, 2.24) is 15.1 Å². The Morgan fingerprint density at radius 1 is 1.61 bits per heavy atom. The molecule has 1 aromatic rings. The summed E-state index contributed by atoms with van der Waals surface area (Å²) in [7, 11) is 3.17. The molecule has 0 saturated heterocycles. The standard InChI is InChI=1S/C11H17N3O4/c1-14-9(5-6-12-14)10(15)13-8(11(16)17)4-3-7-18-2/h5-6,8H,3-4,7H2,1-2H3,(H,13,15)(H,16,17). The van der Waals surface area contributed by atoms with Gasteiger partial charge >= 0.3 is 5.97 Å². The fraction of sp³-hybridized carbons (Fsp3) is 0.545. The van der Waals surface area contributed by atoms with E-state index in [1.54, 1.807) is 14.2 Å². The Hall–Kier alpha value is -1.89. The van der Waals surface area contributed by atoms with Gasteiger partial charge in [-0.1, -0.05) is 0 Å². The molecule has 1 heterocycles. The highest BCUT2D eigenvalue weighted by Gasteiger charge is 2.21. The molecule has 1 unspecified atom stereocenters. The minimum Gasteiger partial charge on any atom is -0.480 e. The largest absolute Gasteiger partial charge is 0.480 e. The van der Waals surface area contributed by atoms with Crippen molar-refractivity contribution in [2.45, 2.75) is 18.9 Å². The monoisotopic (exact) mass is 255 g/mol. The summed E-state index contributed by atoms with van der Waals surface area (Å²) in [6.07, 6.45) is 2.38. The summed E-state index contributed by atoms with van der Waals surface area (Å²) in [5.41, 5.74) is 0.327. The molecule has 0 aliphatic rings. The van der Waals surface area contributed by atoms with Crippen molar-refractivity contribution in [2.24, 2.45) is 7.05 Å². The first-order chi connectivity index (χ1) is 8.56. The number of carboxylic acid groups (broad SMARTS) is 1. The third kappa shape index (κ3) is 3.85. The number of aryl methyl sites for hydroxylation is 1. The Bertz CT molecular complexity index is 416. The van der Waals surface area contributed by atoms with Gasteiger partial charge in [0.05, 0.1) is 0 Å². The number of aromatic nitrogens is 2. The normalized spacial score (nSPS) is 12.1. The number of hydrogen-bond donors (Lipinski definition) is 2. The minimum absolute atomic E-state index is 0.326. The number of aliphatic carboxylic acids is 1. The van der Waals surface area contributed by atoms with Gasteiger partial charge in [0.2, 0.25) is 0 Å². The molecule has 100 valence electrons. The lowest BCUT2D eigenvalue weighted by Gasteiger charge is -2.14. The van der Waals surface area contributed by atoms with E-state index in [0.717, 1.165) is 0 Å². The molecule has 0 spiro atoms. The summed E-state index contributed by atoms with van der Waals surface area (Å²) >= 11 is 0. The number of hydrogen-bond acceptors (Lipinski definition) is 4. The average Bonchev–Trinajstić information content (AvgIpc) is 2.74. The van der Waals surface area contributed by atoms with Crippen LogP contribution in [0.5, 0.6) is 0 Å². The molecule has 2 N–H and O–H groups in total. The predicted molar refractivity (Wildman–Crippen MR) is 63.2 cm³/mol. The zero-order valence-corrected chi connectivity index (χ0v) is 10.4. The van der Waals surface area contributed by atoms with Crippen molar-refractivity contribution in [2.75, 3.05) is 13.7 Å². The number of nitrogens with zero attached hydrogens (tertiary/aromatic N) is 2. The first-order valence-electron chi connectivity index (χ1n) is 5.57. The lowest BCUT2D eigenvalue weighted by Crippen LogP contribution is -2.41. The highest BCUT2D eigenvalue weighted by atomic mass is 16.5. The van der Waals surface area contributed by atoms with E-state index >= 15 is 0 Å². The van der Waals surface area contributed by atoms with Gasteiger partial charge in [-0.15, -0.1) is 0 Å². The van der Waals surface area contributed by atoms with Crippen LogP contribution < -0.4 is 5.32 Å². The quantitative estimate of drug-likeness (QED) is 0.670. The van der Waals surface area contributed by atoms with E-state index in [4.69, 9.17) is 9.84 Å². The second-order valence-electron chi connectivity index (χ2n) is 3.84. The summed E-state index contributed by atoms with van der Waals surface area (Å²) < 4.78 is 6.24. The highest BCUT2D eigenvalue weighted by Crippen LogP contribution is 2.02. The third-order valence-corrected chi connectivity index (χ3v) is 2.50. The summed E-state index contributed by atoms with van der Waals surface area (Å²) in [5, 5.41) is 15.3. The number of ether oxygens (including phenoxy) is 1. The van der Waals surface area contributed by atoms with Crippen molar-refractivity contribution < 1.29 is 19.4 Å². The lowest BCUT2D eigenvalue weighted by molar-refractivity contribution is -0.139. The molecule has 1 atom stereocenters. The third-order valence-electron chi connectivity index (χ3n) is 2.50. The molecular weight excluding hydrogens is 238 g/mol. The van der Waals surface area contributed by atoms with Crippen molar-refractivity contribution in [3.8, 4) is 0 Å². The van der Waals surface area contributed by atoms with Crippen LogP contribution in [0.3, 0.4) is 0 Å². The van der Waals surface area contributed by atoms with E-state index < -0.39 is 17.9 Å². The van der Waals surface area contributed by atoms with E-state index in [9.17, 15) is 9.59 Å². The van der Waals surface area contributed by atoms with Crippen LogP contribution in [0, 0.1) is 0 Å². The Labute approximate surface area is 105 Å². The van der Waals surface area contributed by atoms with Crippen molar-refractivity contribution >= 4 is 11.9 Å². The fourth-order valence-electron chi connectivity index (χ4n) is 1.52. The molecule has 0 aliphatic carbocycles. The van der Waals surface area contributed by atoms with Crippen molar-refractivity contribution in [3.63, 3.8) is 0 Å². The Morgan fingerprint density at radius 3 is 2.83 bits per heavy atom. The zero-order chi connectivity index (χ0) is 13.5. The summed E-state index contributed by atoms with van der Waals surface area (Å²) in [5.74, 6) is -1.50. The summed E-state index contributed by atoms with van der Waals surface area (Å²) in [6, 6.07) is 0.617. The second kappa shape index (κ2) is 6.75. The number of methoxy groups -OCH3 is 1. The van der Waals surface area contributed by atoms with Crippen molar-refractivity contribution in [1.29, 1.82) is 0 Å². The Balaban J connectivity index is 2.58. The number of rotatable bonds is 7. The molecule has 0 fully saturated rings. The van der Waals surface area contributed by atoms with E-state index in [-0.39, 0.29) is 0 Å². The molecule has 0 aliphatic heterocycles. The van der Waals surface area contributed by atoms with Gasteiger partial charge in [-0.05, 0) is 18.9 Å². The van der Waals surface area contributed by atoms with Gasteiger partial charge in [-0.25, -0.2) is 4.79 Å². The summed E-state index contributed by atoms with van der Waals surface area (Å²) in [6.45, 7) is 0.464. The Morgan fingerprint density at radius 2 is 2.33 bits per heavy atom. The van der Waals surface area contributed by atoms with Gasteiger partial charge in [0.1, 0.15) is 11.7 Å². The number of carbonyl (C=O) groups excluding carboxylic acids is 1. The Kier molecular flexibility index (Phi) is 5.31. The van der Waals surface area contributed by atoms with Gasteiger partial charge in [0.15, 0.2) is 0 Å². The molecule has 7 heteroatoms. The molecule has 18 heavy (non-hydrogen) atoms. The molecule has 0 radical (unpaired) electrons.